The van der Waals surface area contributed by atoms with Crippen molar-refractivity contribution >= 4 is 29.1 Å². The minimum atomic E-state index is -0.258. The Morgan fingerprint density at radius 2 is 1.96 bits per heavy atom. The van der Waals surface area contributed by atoms with E-state index in [2.05, 4.69) is 17.3 Å². The molecule has 3 rings (SSSR count). The highest BCUT2D eigenvalue weighted by Gasteiger charge is 2.28. The van der Waals surface area contributed by atoms with Crippen molar-refractivity contribution in [3.8, 4) is 5.69 Å². The van der Waals surface area contributed by atoms with E-state index in [-0.39, 0.29) is 11.4 Å². The van der Waals surface area contributed by atoms with Gasteiger partial charge < -0.3 is 5.32 Å². The van der Waals surface area contributed by atoms with E-state index < -0.39 is 0 Å². The van der Waals surface area contributed by atoms with E-state index >= 15 is 0 Å². The first-order chi connectivity index (χ1) is 11.8. The second-order valence-electron chi connectivity index (χ2n) is 7.18. The Bertz CT molecular complexity index is 811. The second kappa shape index (κ2) is 7.00. The number of amides is 1. The fourth-order valence-corrected chi connectivity index (χ4v) is 3.36. The quantitative estimate of drug-likeness (QED) is 0.814. The summed E-state index contributed by atoms with van der Waals surface area (Å²) < 4.78 is 1.85. The van der Waals surface area contributed by atoms with E-state index in [1.54, 1.807) is 12.1 Å². The van der Waals surface area contributed by atoms with Crippen LogP contribution in [0.4, 0.5) is 0 Å². The lowest BCUT2D eigenvalue weighted by atomic mass is 9.94. The third kappa shape index (κ3) is 3.70. The summed E-state index contributed by atoms with van der Waals surface area (Å²) in [5.74, 6) is -0.108. The maximum atomic E-state index is 12.8. The molecular weight excluding hydrogens is 357 g/mol. The molecule has 0 bridgehead atoms. The molecule has 0 unspecified atom stereocenters. The number of aromatic nitrogens is 2. The highest BCUT2D eigenvalue weighted by Crippen LogP contribution is 2.30. The lowest BCUT2D eigenvalue weighted by molar-refractivity contribution is 0.0904. The second-order valence-corrected chi connectivity index (χ2v) is 8.00. The van der Waals surface area contributed by atoms with Gasteiger partial charge >= 0.3 is 0 Å². The van der Waals surface area contributed by atoms with Crippen LogP contribution in [-0.4, -0.2) is 21.2 Å². The van der Waals surface area contributed by atoms with Gasteiger partial charge in [0, 0.05) is 16.8 Å². The summed E-state index contributed by atoms with van der Waals surface area (Å²) in [5.41, 5.74) is 3.26. The number of nitrogens with zero attached hydrogens (tertiary/aromatic N) is 2. The molecule has 0 fully saturated rings. The van der Waals surface area contributed by atoms with Crippen molar-refractivity contribution in [3.63, 3.8) is 0 Å². The molecule has 0 atom stereocenters. The molecule has 1 amide bonds. The predicted octanol–water partition coefficient (Wildman–Crippen LogP) is 4.98. The van der Waals surface area contributed by atoms with Crippen LogP contribution in [0.2, 0.25) is 10.0 Å². The number of carbonyl (C=O) groups is 1. The molecule has 0 aliphatic heterocycles. The van der Waals surface area contributed by atoms with Crippen LogP contribution in [0.5, 0.6) is 0 Å². The van der Waals surface area contributed by atoms with Crippen molar-refractivity contribution < 1.29 is 4.79 Å². The van der Waals surface area contributed by atoms with Crippen LogP contribution < -0.4 is 5.32 Å². The number of halogens is 2. The molecule has 134 valence electrons. The largest absolute Gasteiger partial charge is 0.346 e. The molecule has 25 heavy (non-hydrogen) atoms. The molecule has 1 N–H and O–H groups in total. The molecule has 2 aromatic rings. The van der Waals surface area contributed by atoms with Gasteiger partial charge in [-0.1, -0.05) is 30.1 Å². The van der Waals surface area contributed by atoms with E-state index in [0.29, 0.717) is 15.7 Å². The fourth-order valence-electron chi connectivity index (χ4n) is 3.07. The fraction of sp³-hybridized carbons (Fsp3) is 0.474. The van der Waals surface area contributed by atoms with Gasteiger partial charge in [-0.05, 0) is 64.2 Å². The monoisotopic (exact) mass is 379 g/mol. The number of carbonyl (C=O) groups excluding carboxylic acids is 1. The SMILES string of the molecule is CCC(C)(C)NC(=O)c1nn(-c2ccc(Cl)c(Cl)c2)c2c1CCCC2. The summed E-state index contributed by atoms with van der Waals surface area (Å²) in [6.07, 6.45) is 4.83. The number of fused-ring (bicyclic) bond motifs is 1. The van der Waals surface area contributed by atoms with Crippen LogP contribution in [0.3, 0.4) is 0 Å². The summed E-state index contributed by atoms with van der Waals surface area (Å²) in [5, 5.41) is 8.74. The number of hydrogen-bond donors (Lipinski definition) is 1. The molecule has 0 spiro atoms. The van der Waals surface area contributed by atoms with Crippen LogP contribution >= 0.6 is 23.2 Å². The predicted molar refractivity (Wildman–Crippen MR) is 102 cm³/mol. The van der Waals surface area contributed by atoms with Gasteiger partial charge in [0.25, 0.3) is 5.91 Å². The first-order valence-electron chi connectivity index (χ1n) is 8.71. The average molecular weight is 380 g/mol. The summed E-state index contributed by atoms with van der Waals surface area (Å²) in [4.78, 5) is 12.8. The topological polar surface area (TPSA) is 46.9 Å². The van der Waals surface area contributed by atoms with Crippen LogP contribution in [0, 0.1) is 0 Å². The first kappa shape index (κ1) is 18.3. The molecule has 4 nitrogen and oxygen atoms in total. The smallest absolute Gasteiger partial charge is 0.272 e. The van der Waals surface area contributed by atoms with Gasteiger partial charge in [-0.25, -0.2) is 4.68 Å². The lowest BCUT2D eigenvalue weighted by Gasteiger charge is -2.24. The van der Waals surface area contributed by atoms with Crippen LogP contribution in [-0.2, 0) is 12.8 Å². The maximum Gasteiger partial charge on any atom is 0.272 e. The highest BCUT2D eigenvalue weighted by molar-refractivity contribution is 6.42. The van der Waals surface area contributed by atoms with Crippen LogP contribution in [0.1, 0.15) is 61.8 Å². The van der Waals surface area contributed by atoms with Crippen molar-refractivity contribution in [2.45, 2.75) is 58.4 Å². The molecule has 0 saturated carbocycles. The van der Waals surface area contributed by atoms with Crippen LogP contribution in [0.15, 0.2) is 18.2 Å². The Morgan fingerprint density at radius 3 is 2.64 bits per heavy atom. The van der Waals surface area contributed by atoms with Crippen molar-refractivity contribution in [1.29, 1.82) is 0 Å². The lowest BCUT2D eigenvalue weighted by Crippen LogP contribution is -2.43. The van der Waals surface area contributed by atoms with E-state index in [4.69, 9.17) is 23.2 Å². The summed E-state index contributed by atoms with van der Waals surface area (Å²) in [6.45, 7) is 6.10. The summed E-state index contributed by atoms with van der Waals surface area (Å²) >= 11 is 12.2. The third-order valence-electron chi connectivity index (χ3n) is 4.88. The molecular formula is C19H23Cl2N3O. The molecule has 1 aromatic carbocycles. The van der Waals surface area contributed by atoms with Gasteiger partial charge in [0.05, 0.1) is 15.7 Å². The Labute approximate surface area is 158 Å². The maximum absolute atomic E-state index is 12.8. The number of nitrogens with one attached hydrogen (secondary N) is 1. The Hall–Kier alpha value is -1.52. The molecule has 1 aliphatic rings. The number of benzene rings is 1. The third-order valence-corrected chi connectivity index (χ3v) is 5.62. The van der Waals surface area contributed by atoms with Gasteiger partial charge in [-0.3, -0.25) is 4.79 Å². The normalized spacial score (nSPS) is 14.3. The first-order valence-corrected chi connectivity index (χ1v) is 9.46. The van der Waals surface area contributed by atoms with E-state index in [0.717, 1.165) is 49.0 Å². The Kier molecular flexibility index (Phi) is 5.12. The average Bonchev–Trinajstić information content (AvgIpc) is 2.97. The van der Waals surface area contributed by atoms with E-state index in [1.807, 2.05) is 24.6 Å². The van der Waals surface area contributed by atoms with Crippen molar-refractivity contribution in [1.82, 2.24) is 15.1 Å². The standard InChI is InChI=1S/C19H23Cl2N3O/c1-4-19(2,3)22-18(25)17-13-7-5-6-8-16(13)24(23-17)12-9-10-14(20)15(21)11-12/h9-11H,4-8H2,1-3H3,(H,22,25). The molecule has 0 radical (unpaired) electrons. The Balaban J connectivity index is 2.05. The minimum absolute atomic E-state index is 0.108. The number of hydrogen-bond acceptors (Lipinski definition) is 2. The zero-order valence-corrected chi connectivity index (χ0v) is 16.3. The molecule has 1 aliphatic carbocycles. The van der Waals surface area contributed by atoms with E-state index in [1.165, 1.54) is 0 Å². The summed E-state index contributed by atoms with van der Waals surface area (Å²) in [6, 6.07) is 5.44. The van der Waals surface area contributed by atoms with E-state index in [9.17, 15) is 4.79 Å². The number of rotatable bonds is 4. The van der Waals surface area contributed by atoms with Gasteiger partial charge in [0.1, 0.15) is 0 Å². The van der Waals surface area contributed by atoms with Gasteiger partial charge in [0.15, 0.2) is 5.69 Å². The zero-order valence-electron chi connectivity index (χ0n) is 14.8. The van der Waals surface area contributed by atoms with Crippen molar-refractivity contribution in [3.05, 3.63) is 45.2 Å². The van der Waals surface area contributed by atoms with Gasteiger partial charge in [-0.15, -0.1) is 0 Å². The molecule has 0 saturated heterocycles. The zero-order chi connectivity index (χ0) is 18.2. The van der Waals surface area contributed by atoms with Crippen LogP contribution in [0.25, 0.3) is 5.69 Å². The van der Waals surface area contributed by atoms with Crippen molar-refractivity contribution in [2.24, 2.45) is 0 Å². The summed E-state index contributed by atoms with van der Waals surface area (Å²) in [7, 11) is 0. The Morgan fingerprint density at radius 1 is 1.24 bits per heavy atom. The van der Waals surface area contributed by atoms with Crippen molar-refractivity contribution in [2.75, 3.05) is 0 Å². The van der Waals surface area contributed by atoms with Gasteiger partial charge in [-0.2, -0.15) is 5.10 Å². The highest BCUT2D eigenvalue weighted by atomic mass is 35.5. The van der Waals surface area contributed by atoms with Gasteiger partial charge in [0.2, 0.25) is 0 Å². The molecule has 1 aromatic heterocycles. The molecule has 6 heteroatoms. The molecule has 1 heterocycles. The minimum Gasteiger partial charge on any atom is -0.346 e.